The van der Waals surface area contributed by atoms with Crippen LogP contribution in [0.1, 0.15) is 37.7 Å². The van der Waals surface area contributed by atoms with Crippen molar-refractivity contribution in [2.45, 2.75) is 51.2 Å². The van der Waals surface area contributed by atoms with E-state index in [9.17, 15) is 8.78 Å². The van der Waals surface area contributed by atoms with E-state index in [4.69, 9.17) is 12.2 Å². The fourth-order valence-electron chi connectivity index (χ4n) is 2.64. The first kappa shape index (κ1) is 16.9. The van der Waals surface area contributed by atoms with E-state index in [0.717, 1.165) is 12.0 Å². The molecule has 22 heavy (non-hydrogen) atoms. The van der Waals surface area contributed by atoms with E-state index in [1.54, 1.807) is 24.3 Å². The molecule has 0 aromatic heterocycles. The summed E-state index contributed by atoms with van der Waals surface area (Å²) >= 11 is 5.29. The summed E-state index contributed by atoms with van der Waals surface area (Å²) in [7, 11) is 0. The maximum absolute atomic E-state index is 12.1. The van der Waals surface area contributed by atoms with Crippen molar-refractivity contribution in [2.24, 2.45) is 0 Å². The van der Waals surface area contributed by atoms with Gasteiger partial charge < -0.3 is 15.4 Å². The lowest BCUT2D eigenvalue weighted by Crippen LogP contribution is -2.43. The highest BCUT2D eigenvalue weighted by atomic mass is 32.1. The number of rotatable bonds is 6. The molecule has 2 rings (SSSR count). The first-order valence-electron chi connectivity index (χ1n) is 7.71. The van der Waals surface area contributed by atoms with Gasteiger partial charge in [-0.15, -0.1) is 0 Å². The van der Waals surface area contributed by atoms with Crippen LogP contribution in [0.25, 0.3) is 0 Å². The Kier molecular flexibility index (Phi) is 6.83. The molecule has 122 valence electrons. The van der Waals surface area contributed by atoms with Crippen molar-refractivity contribution in [1.82, 2.24) is 10.6 Å². The van der Waals surface area contributed by atoms with Gasteiger partial charge in [-0.1, -0.05) is 31.4 Å². The number of benzene rings is 1. The van der Waals surface area contributed by atoms with E-state index >= 15 is 0 Å². The summed E-state index contributed by atoms with van der Waals surface area (Å²) in [4.78, 5) is 0. The summed E-state index contributed by atoms with van der Waals surface area (Å²) in [6, 6.07) is 7.19. The highest BCUT2D eigenvalue weighted by molar-refractivity contribution is 7.80. The number of ether oxygens (including phenoxy) is 1. The largest absolute Gasteiger partial charge is 0.435 e. The van der Waals surface area contributed by atoms with Gasteiger partial charge in [-0.05, 0) is 49.2 Å². The molecule has 0 aliphatic heterocycles. The number of hydrogen-bond donors (Lipinski definition) is 2. The number of hydrogen-bond acceptors (Lipinski definition) is 2. The van der Waals surface area contributed by atoms with Crippen LogP contribution in [-0.2, 0) is 6.42 Å². The molecular weight excluding hydrogens is 306 g/mol. The quantitative estimate of drug-likeness (QED) is 0.782. The summed E-state index contributed by atoms with van der Waals surface area (Å²) < 4.78 is 28.4. The Bertz CT molecular complexity index is 462. The fraction of sp³-hybridized carbons (Fsp3) is 0.562. The molecule has 0 atom stereocenters. The van der Waals surface area contributed by atoms with Gasteiger partial charge in [0.2, 0.25) is 0 Å². The van der Waals surface area contributed by atoms with E-state index in [1.807, 2.05) is 0 Å². The topological polar surface area (TPSA) is 33.3 Å². The minimum atomic E-state index is -2.78. The third-order valence-corrected chi connectivity index (χ3v) is 4.05. The Morgan fingerprint density at radius 2 is 1.86 bits per heavy atom. The van der Waals surface area contributed by atoms with Gasteiger partial charge in [-0.2, -0.15) is 8.78 Å². The van der Waals surface area contributed by atoms with Gasteiger partial charge in [0.25, 0.3) is 0 Å². The van der Waals surface area contributed by atoms with E-state index in [0.29, 0.717) is 17.7 Å². The van der Waals surface area contributed by atoms with Crippen LogP contribution in [0, 0.1) is 0 Å². The van der Waals surface area contributed by atoms with Crippen LogP contribution in [0.3, 0.4) is 0 Å². The van der Waals surface area contributed by atoms with Crippen molar-refractivity contribution in [3.8, 4) is 5.75 Å². The van der Waals surface area contributed by atoms with Crippen LogP contribution in [0.2, 0.25) is 0 Å². The molecule has 1 aromatic rings. The average Bonchev–Trinajstić information content (AvgIpc) is 2.49. The Balaban J connectivity index is 1.66. The predicted molar refractivity (Wildman–Crippen MR) is 87.4 cm³/mol. The van der Waals surface area contributed by atoms with Crippen molar-refractivity contribution in [3.05, 3.63) is 29.8 Å². The highest BCUT2D eigenvalue weighted by Gasteiger charge is 2.13. The number of thiocarbonyl (C=S) groups is 1. The minimum Gasteiger partial charge on any atom is -0.435 e. The molecule has 0 spiro atoms. The fourth-order valence-corrected chi connectivity index (χ4v) is 2.91. The Morgan fingerprint density at radius 1 is 1.18 bits per heavy atom. The van der Waals surface area contributed by atoms with Crippen LogP contribution in [0.5, 0.6) is 5.75 Å². The van der Waals surface area contributed by atoms with Crippen molar-refractivity contribution >= 4 is 17.3 Å². The monoisotopic (exact) mass is 328 g/mol. The molecule has 0 unspecified atom stereocenters. The van der Waals surface area contributed by atoms with Crippen LogP contribution < -0.4 is 15.4 Å². The second kappa shape index (κ2) is 8.88. The lowest BCUT2D eigenvalue weighted by atomic mass is 9.96. The zero-order valence-corrected chi connectivity index (χ0v) is 13.3. The maximum Gasteiger partial charge on any atom is 0.387 e. The molecule has 1 aliphatic rings. The average molecular weight is 328 g/mol. The van der Waals surface area contributed by atoms with Crippen molar-refractivity contribution < 1.29 is 13.5 Å². The van der Waals surface area contributed by atoms with E-state index in [2.05, 4.69) is 15.4 Å². The molecule has 0 radical (unpaired) electrons. The van der Waals surface area contributed by atoms with Crippen LogP contribution in [0.15, 0.2) is 24.3 Å². The molecule has 1 fully saturated rings. The zero-order chi connectivity index (χ0) is 15.8. The summed E-state index contributed by atoms with van der Waals surface area (Å²) in [6.07, 6.45) is 7.02. The van der Waals surface area contributed by atoms with Gasteiger partial charge >= 0.3 is 6.61 Å². The van der Waals surface area contributed by atoms with Crippen molar-refractivity contribution in [1.29, 1.82) is 0 Å². The number of nitrogens with one attached hydrogen (secondary N) is 2. The molecular formula is C16H22F2N2OS. The van der Waals surface area contributed by atoms with Gasteiger partial charge in [0.05, 0.1) is 0 Å². The predicted octanol–water partition coefficient (Wildman–Crippen LogP) is 3.63. The first-order valence-corrected chi connectivity index (χ1v) is 8.12. The SMILES string of the molecule is FC(F)Oc1ccc(CCNC(=S)NC2CCCCC2)cc1. The van der Waals surface area contributed by atoms with Crippen molar-refractivity contribution in [2.75, 3.05) is 6.54 Å². The molecule has 1 aromatic carbocycles. The van der Waals surface area contributed by atoms with Gasteiger partial charge in [0.15, 0.2) is 5.11 Å². The van der Waals surface area contributed by atoms with Crippen LogP contribution >= 0.6 is 12.2 Å². The number of alkyl halides is 2. The molecule has 2 N–H and O–H groups in total. The standard InChI is InChI=1S/C16H22F2N2OS/c17-15(18)21-14-8-6-12(7-9-14)10-11-19-16(22)20-13-4-2-1-3-5-13/h6-9,13,15H,1-5,10-11H2,(H2,19,20,22). The Morgan fingerprint density at radius 3 is 2.50 bits per heavy atom. The third-order valence-electron chi connectivity index (χ3n) is 3.79. The third kappa shape index (κ3) is 6.13. The van der Waals surface area contributed by atoms with Gasteiger partial charge in [-0.25, -0.2) is 0 Å². The lowest BCUT2D eigenvalue weighted by molar-refractivity contribution is -0.0498. The molecule has 0 amide bonds. The molecule has 1 saturated carbocycles. The van der Waals surface area contributed by atoms with Gasteiger partial charge in [0, 0.05) is 12.6 Å². The van der Waals surface area contributed by atoms with Gasteiger partial charge in [-0.3, -0.25) is 0 Å². The van der Waals surface area contributed by atoms with Gasteiger partial charge in [0.1, 0.15) is 5.75 Å². The molecule has 1 aliphatic carbocycles. The molecule has 6 heteroatoms. The second-order valence-corrected chi connectivity index (χ2v) is 5.92. The van der Waals surface area contributed by atoms with E-state index in [1.165, 1.54) is 32.1 Å². The molecule has 0 heterocycles. The normalized spacial score (nSPS) is 15.6. The van der Waals surface area contributed by atoms with Crippen molar-refractivity contribution in [3.63, 3.8) is 0 Å². The Labute approximate surface area is 135 Å². The summed E-state index contributed by atoms with van der Waals surface area (Å²) in [5.74, 6) is 0.182. The molecule has 0 bridgehead atoms. The maximum atomic E-state index is 12.1. The summed E-state index contributed by atoms with van der Waals surface area (Å²) in [6.45, 7) is -2.07. The minimum absolute atomic E-state index is 0.182. The lowest BCUT2D eigenvalue weighted by Gasteiger charge is -2.24. The van der Waals surface area contributed by atoms with Crippen LogP contribution in [-0.4, -0.2) is 24.3 Å². The number of halogens is 2. The van der Waals surface area contributed by atoms with E-state index < -0.39 is 6.61 Å². The Hall–Kier alpha value is -1.43. The highest BCUT2D eigenvalue weighted by Crippen LogP contribution is 2.17. The van der Waals surface area contributed by atoms with Crippen LogP contribution in [0.4, 0.5) is 8.78 Å². The van der Waals surface area contributed by atoms with E-state index in [-0.39, 0.29) is 5.75 Å². The summed E-state index contributed by atoms with van der Waals surface area (Å²) in [5, 5.41) is 7.25. The first-order chi connectivity index (χ1) is 10.6. The summed E-state index contributed by atoms with van der Waals surface area (Å²) in [5.41, 5.74) is 1.05. The molecule has 3 nitrogen and oxygen atoms in total. The zero-order valence-electron chi connectivity index (χ0n) is 12.5. The smallest absolute Gasteiger partial charge is 0.387 e. The molecule has 0 saturated heterocycles. The second-order valence-electron chi connectivity index (χ2n) is 5.51.